The van der Waals surface area contributed by atoms with E-state index in [2.05, 4.69) is 85.1 Å². The van der Waals surface area contributed by atoms with Gasteiger partial charge in [0.25, 0.3) is 0 Å². The Morgan fingerprint density at radius 3 is 2.39 bits per heavy atom. The van der Waals surface area contributed by atoms with Crippen LogP contribution in [-0.4, -0.2) is 0 Å². The zero-order chi connectivity index (χ0) is 13.1. The van der Waals surface area contributed by atoms with Gasteiger partial charge in [-0.3, -0.25) is 0 Å². The third kappa shape index (κ3) is 3.25. The van der Waals surface area contributed by atoms with E-state index in [1.54, 1.807) is 0 Å². The van der Waals surface area contributed by atoms with Crippen molar-refractivity contribution in [3.05, 3.63) is 62.2 Å². The number of rotatable bonds is 3. The van der Waals surface area contributed by atoms with Crippen molar-refractivity contribution in [3.63, 3.8) is 0 Å². The zero-order valence-electron chi connectivity index (χ0n) is 11.0. The van der Waals surface area contributed by atoms with Crippen LogP contribution in [-0.2, 0) is 6.54 Å². The maximum absolute atomic E-state index is 3.48. The first-order valence-electron chi connectivity index (χ1n) is 6.12. The van der Waals surface area contributed by atoms with Gasteiger partial charge in [-0.1, -0.05) is 18.2 Å². The minimum Gasteiger partial charge on any atom is -0.381 e. The molecule has 2 heteroatoms. The van der Waals surface area contributed by atoms with Crippen molar-refractivity contribution in [2.45, 2.75) is 27.3 Å². The zero-order valence-corrected chi connectivity index (χ0v) is 13.2. The smallest absolute Gasteiger partial charge is 0.0403 e. The Balaban J connectivity index is 2.13. The molecule has 0 aromatic heterocycles. The second-order valence-electron chi connectivity index (χ2n) is 4.73. The van der Waals surface area contributed by atoms with E-state index < -0.39 is 0 Å². The highest BCUT2D eigenvalue weighted by atomic mass is 127. The van der Waals surface area contributed by atoms with Crippen LogP contribution in [0.4, 0.5) is 5.69 Å². The molecule has 0 saturated carbocycles. The first kappa shape index (κ1) is 13.4. The molecule has 0 spiro atoms. The van der Waals surface area contributed by atoms with Crippen LogP contribution >= 0.6 is 22.6 Å². The Morgan fingerprint density at radius 1 is 0.944 bits per heavy atom. The van der Waals surface area contributed by atoms with Gasteiger partial charge in [-0.2, -0.15) is 0 Å². The SMILES string of the molecule is Cc1cc(C)c(CNc2cccc(I)c2)cc1C. The summed E-state index contributed by atoms with van der Waals surface area (Å²) in [5.74, 6) is 0. The lowest BCUT2D eigenvalue weighted by Crippen LogP contribution is -2.02. The van der Waals surface area contributed by atoms with Crippen molar-refractivity contribution in [3.8, 4) is 0 Å². The molecule has 0 aliphatic rings. The van der Waals surface area contributed by atoms with Crippen LogP contribution in [0.1, 0.15) is 22.3 Å². The van der Waals surface area contributed by atoms with E-state index in [1.165, 1.54) is 31.5 Å². The van der Waals surface area contributed by atoms with Crippen molar-refractivity contribution in [1.82, 2.24) is 0 Å². The molecule has 0 fully saturated rings. The maximum Gasteiger partial charge on any atom is 0.0403 e. The van der Waals surface area contributed by atoms with Gasteiger partial charge in [0.2, 0.25) is 0 Å². The van der Waals surface area contributed by atoms with Crippen LogP contribution in [0.5, 0.6) is 0 Å². The summed E-state index contributed by atoms with van der Waals surface area (Å²) in [4.78, 5) is 0. The number of hydrogen-bond acceptors (Lipinski definition) is 1. The summed E-state index contributed by atoms with van der Waals surface area (Å²) in [6, 6.07) is 13.0. The van der Waals surface area contributed by atoms with Gasteiger partial charge in [0, 0.05) is 15.8 Å². The number of benzene rings is 2. The number of aryl methyl sites for hydroxylation is 3. The van der Waals surface area contributed by atoms with Gasteiger partial charge in [0.05, 0.1) is 0 Å². The van der Waals surface area contributed by atoms with Gasteiger partial charge < -0.3 is 5.32 Å². The summed E-state index contributed by atoms with van der Waals surface area (Å²) >= 11 is 2.34. The summed E-state index contributed by atoms with van der Waals surface area (Å²) in [5, 5.41) is 3.48. The van der Waals surface area contributed by atoms with Gasteiger partial charge in [0.15, 0.2) is 0 Å². The number of nitrogens with one attached hydrogen (secondary N) is 1. The van der Waals surface area contributed by atoms with Crippen molar-refractivity contribution in [2.75, 3.05) is 5.32 Å². The summed E-state index contributed by atoms with van der Waals surface area (Å²) in [6.07, 6.45) is 0. The number of hydrogen-bond donors (Lipinski definition) is 1. The second-order valence-corrected chi connectivity index (χ2v) is 5.97. The average Bonchev–Trinajstić information content (AvgIpc) is 2.32. The topological polar surface area (TPSA) is 12.0 Å². The maximum atomic E-state index is 3.48. The van der Waals surface area contributed by atoms with E-state index in [-0.39, 0.29) is 0 Å². The highest BCUT2D eigenvalue weighted by molar-refractivity contribution is 14.1. The monoisotopic (exact) mass is 351 g/mol. The van der Waals surface area contributed by atoms with Gasteiger partial charge in [-0.15, -0.1) is 0 Å². The van der Waals surface area contributed by atoms with Crippen LogP contribution < -0.4 is 5.32 Å². The Labute approximate surface area is 123 Å². The van der Waals surface area contributed by atoms with Gasteiger partial charge in [-0.25, -0.2) is 0 Å². The van der Waals surface area contributed by atoms with Gasteiger partial charge in [0.1, 0.15) is 0 Å². The lowest BCUT2D eigenvalue weighted by Gasteiger charge is -2.12. The van der Waals surface area contributed by atoms with Crippen LogP contribution in [0.2, 0.25) is 0 Å². The largest absolute Gasteiger partial charge is 0.381 e. The van der Waals surface area contributed by atoms with E-state index in [9.17, 15) is 0 Å². The Kier molecular flexibility index (Phi) is 4.27. The molecule has 0 aliphatic heterocycles. The lowest BCUT2D eigenvalue weighted by atomic mass is 10.0. The molecule has 2 rings (SSSR count). The third-order valence-corrected chi connectivity index (χ3v) is 3.93. The fourth-order valence-electron chi connectivity index (χ4n) is 2.01. The lowest BCUT2D eigenvalue weighted by molar-refractivity contribution is 1.10. The summed E-state index contributed by atoms with van der Waals surface area (Å²) in [5.41, 5.74) is 6.64. The van der Waals surface area contributed by atoms with Gasteiger partial charge >= 0.3 is 0 Å². The van der Waals surface area contributed by atoms with Crippen molar-refractivity contribution >= 4 is 28.3 Å². The quantitative estimate of drug-likeness (QED) is 0.781. The molecule has 0 aliphatic carbocycles. The molecule has 2 aromatic rings. The molecule has 0 unspecified atom stereocenters. The highest BCUT2D eigenvalue weighted by Gasteiger charge is 2.02. The highest BCUT2D eigenvalue weighted by Crippen LogP contribution is 2.18. The predicted octanol–water partition coefficient (Wildman–Crippen LogP) is 4.83. The molecule has 1 N–H and O–H groups in total. The second kappa shape index (κ2) is 5.74. The molecule has 1 nitrogen and oxygen atoms in total. The molecule has 2 aromatic carbocycles. The van der Waals surface area contributed by atoms with Crippen molar-refractivity contribution < 1.29 is 0 Å². The van der Waals surface area contributed by atoms with E-state index in [0.717, 1.165) is 6.54 Å². The first-order chi connectivity index (χ1) is 8.56. The predicted molar refractivity (Wildman–Crippen MR) is 87.1 cm³/mol. The fraction of sp³-hybridized carbons (Fsp3) is 0.250. The van der Waals surface area contributed by atoms with Crippen LogP contribution in [0, 0.1) is 24.3 Å². The standard InChI is InChI=1S/C16H18IN/c1-11-7-13(3)14(8-12(11)2)10-18-16-6-4-5-15(17)9-16/h4-9,18H,10H2,1-3H3. The minimum absolute atomic E-state index is 0.882. The molecule has 0 atom stereocenters. The Morgan fingerprint density at radius 2 is 1.67 bits per heavy atom. The molecule has 0 heterocycles. The molecule has 94 valence electrons. The Hall–Kier alpha value is -1.03. The summed E-state index contributed by atoms with van der Waals surface area (Å²) in [6.45, 7) is 7.40. The number of halogens is 1. The summed E-state index contributed by atoms with van der Waals surface area (Å²) in [7, 11) is 0. The first-order valence-corrected chi connectivity index (χ1v) is 7.20. The number of anilines is 1. The van der Waals surface area contributed by atoms with Crippen LogP contribution in [0.3, 0.4) is 0 Å². The third-order valence-electron chi connectivity index (χ3n) is 3.26. The van der Waals surface area contributed by atoms with Crippen molar-refractivity contribution in [2.24, 2.45) is 0 Å². The minimum atomic E-state index is 0.882. The fourth-order valence-corrected chi connectivity index (χ4v) is 2.55. The normalized spacial score (nSPS) is 10.4. The average molecular weight is 351 g/mol. The van der Waals surface area contributed by atoms with E-state index in [0.29, 0.717) is 0 Å². The molecule has 0 saturated heterocycles. The molecule has 0 bridgehead atoms. The molecular formula is C16H18IN. The van der Waals surface area contributed by atoms with E-state index in [1.807, 2.05) is 0 Å². The van der Waals surface area contributed by atoms with Crippen molar-refractivity contribution in [1.29, 1.82) is 0 Å². The van der Waals surface area contributed by atoms with Crippen LogP contribution in [0.15, 0.2) is 36.4 Å². The van der Waals surface area contributed by atoms with Crippen LogP contribution in [0.25, 0.3) is 0 Å². The van der Waals surface area contributed by atoms with E-state index >= 15 is 0 Å². The molecule has 0 amide bonds. The van der Waals surface area contributed by atoms with E-state index in [4.69, 9.17) is 0 Å². The molecular weight excluding hydrogens is 333 g/mol. The summed E-state index contributed by atoms with van der Waals surface area (Å²) < 4.78 is 1.26. The molecule has 18 heavy (non-hydrogen) atoms. The Bertz CT molecular complexity index is 561. The molecule has 0 radical (unpaired) electrons. The van der Waals surface area contributed by atoms with Gasteiger partial charge in [-0.05, 0) is 83.8 Å².